The van der Waals surface area contributed by atoms with Crippen LogP contribution in [0.25, 0.3) is 0 Å². The molecule has 1 rings (SSSR count). The van der Waals surface area contributed by atoms with Gasteiger partial charge in [0.05, 0.1) is 5.92 Å². The number of esters is 2. The Kier molecular flexibility index (Phi) is 8.60. The summed E-state index contributed by atoms with van der Waals surface area (Å²) in [7, 11) is -13.8. The SMILES string of the molecule is C=C(C)C(=O)OCCOC(=O)C1CCCN(S(=O)(=O)C(F)(F)C(F)(F)C(F)(F)S(=O)(=O)O)C1. The topological polar surface area (TPSA) is 144 Å². The summed E-state index contributed by atoms with van der Waals surface area (Å²) >= 11 is 0. The Labute approximate surface area is 184 Å². The van der Waals surface area contributed by atoms with E-state index in [0.29, 0.717) is 0 Å². The maximum absolute atomic E-state index is 14.1. The van der Waals surface area contributed by atoms with E-state index in [2.05, 4.69) is 16.1 Å². The molecular formula is C15H19F6NO9S2. The number of sulfonamides is 1. The molecule has 1 N–H and O–H groups in total. The van der Waals surface area contributed by atoms with Crippen molar-refractivity contribution in [2.75, 3.05) is 26.3 Å². The molecule has 1 unspecified atom stereocenters. The van der Waals surface area contributed by atoms with Crippen LogP contribution in [0.3, 0.4) is 0 Å². The largest absolute Gasteiger partial charge is 0.462 e. The Morgan fingerprint density at radius 3 is 2.03 bits per heavy atom. The fourth-order valence-corrected chi connectivity index (χ4v) is 4.57. The van der Waals surface area contributed by atoms with Gasteiger partial charge in [0.25, 0.3) is 10.0 Å². The van der Waals surface area contributed by atoms with E-state index >= 15 is 0 Å². The number of hydrogen-bond acceptors (Lipinski definition) is 8. The molecule has 0 aliphatic carbocycles. The fraction of sp³-hybridized carbons (Fsp3) is 0.733. The maximum Gasteiger partial charge on any atom is 0.439 e. The lowest BCUT2D eigenvalue weighted by Crippen LogP contribution is -2.63. The Balaban J connectivity index is 2.99. The van der Waals surface area contributed by atoms with Crippen molar-refractivity contribution in [1.82, 2.24) is 4.31 Å². The third kappa shape index (κ3) is 5.60. The van der Waals surface area contributed by atoms with Crippen LogP contribution in [0.1, 0.15) is 19.8 Å². The number of carbonyl (C=O) groups excluding carboxylic acids is 2. The number of hydrogen-bond donors (Lipinski definition) is 1. The van der Waals surface area contributed by atoms with Crippen LogP contribution in [-0.2, 0) is 39.2 Å². The van der Waals surface area contributed by atoms with Crippen molar-refractivity contribution in [2.45, 2.75) is 36.2 Å². The van der Waals surface area contributed by atoms with E-state index < -0.39 is 80.7 Å². The Hall–Kier alpha value is -1.92. The van der Waals surface area contributed by atoms with Crippen molar-refractivity contribution >= 4 is 32.1 Å². The fourth-order valence-electron chi connectivity index (χ4n) is 2.53. The van der Waals surface area contributed by atoms with Gasteiger partial charge >= 0.3 is 38.5 Å². The molecule has 0 spiro atoms. The Bertz CT molecular complexity index is 997. The quantitative estimate of drug-likeness (QED) is 0.144. The van der Waals surface area contributed by atoms with Crippen LogP contribution in [-0.4, -0.2) is 80.4 Å². The van der Waals surface area contributed by atoms with Gasteiger partial charge in [0.15, 0.2) is 0 Å². The predicted molar refractivity (Wildman–Crippen MR) is 96.3 cm³/mol. The number of carbonyl (C=O) groups is 2. The average molecular weight is 535 g/mol. The number of alkyl halides is 6. The summed E-state index contributed by atoms with van der Waals surface area (Å²) < 4.78 is 145. The molecule has 0 saturated carbocycles. The first kappa shape index (κ1) is 29.1. The molecule has 192 valence electrons. The van der Waals surface area contributed by atoms with Crippen LogP contribution in [0.15, 0.2) is 12.2 Å². The number of piperidine rings is 1. The molecule has 1 atom stereocenters. The summed E-state index contributed by atoms with van der Waals surface area (Å²) in [6.07, 6.45) is -0.500. The molecule has 1 fully saturated rings. The van der Waals surface area contributed by atoms with E-state index in [1.807, 2.05) is 0 Å². The second kappa shape index (κ2) is 9.75. The van der Waals surface area contributed by atoms with Gasteiger partial charge in [-0.05, 0) is 19.8 Å². The summed E-state index contributed by atoms with van der Waals surface area (Å²) in [6.45, 7) is 1.59. The number of halogens is 6. The minimum Gasteiger partial charge on any atom is -0.462 e. The van der Waals surface area contributed by atoms with Crippen molar-refractivity contribution in [2.24, 2.45) is 5.92 Å². The second-order valence-corrected chi connectivity index (χ2v) is 10.3. The summed E-state index contributed by atoms with van der Waals surface area (Å²) in [4.78, 5) is 23.2. The third-order valence-corrected chi connectivity index (χ3v) is 7.17. The van der Waals surface area contributed by atoms with Gasteiger partial charge in [0.1, 0.15) is 13.2 Å². The van der Waals surface area contributed by atoms with Crippen LogP contribution < -0.4 is 0 Å². The Morgan fingerprint density at radius 1 is 1.03 bits per heavy atom. The second-order valence-electron chi connectivity index (χ2n) is 6.87. The summed E-state index contributed by atoms with van der Waals surface area (Å²) in [6, 6.07) is 0. The van der Waals surface area contributed by atoms with Crippen LogP contribution in [0.2, 0.25) is 0 Å². The van der Waals surface area contributed by atoms with E-state index in [0.717, 1.165) is 0 Å². The normalized spacial score (nSPS) is 19.1. The zero-order valence-electron chi connectivity index (χ0n) is 16.8. The maximum atomic E-state index is 14.1. The highest BCUT2D eigenvalue weighted by Gasteiger charge is 2.82. The van der Waals surface area contributed by atoms with Gasteiger partial charge < -0.3 is 9.47 Å². The molecule has 0 amide bonds. The van der Waals surface area contributed by atoms with Gasteiger partial charge in [-0.1, -0.05) is 6.58 Å². The standard InChI is InChI=1S/C15H19F6NO9S2/c1-9(2)11(23)30-6-7-31-12(24)10-4-3-5-22(8-10)32(25,26)14(18,19)13(16,17)15(20,21)33(27,28)29/h10H,1,3-8H2,2H3,(H,27,28,29). The molecule has 0 radical (unpaired) electrons. The van der Waals surface area contributed by atoms with Gasteiger partial charge in [0, 0.05) is 18.7 Å². The highest BCUT2D eigenvalue weighted by Crippen LogP contribution is 2.51. The lowest BCUT2D eigenvalue weighted by molar-refractivity contribution is -0.247. The number of rotatable bonds is 10. The minimum absolute atomic E-state index is 0.0340. The van der Waals surface area contributed by atoms with E-state index in [1.165, 1.54) is 6.92 Å². The van der Waals surface area contributed by atoms with E-state index in [-0.39, 0.29) is 22.7 Å². The molecule has 0 aromatic heterocycles. The van der Waals surface area contributed by atoms with Gasteiger partial charge in [-0.3, -0.25) is 9.35 Å². The lowest BCUT2D eigenvalue weighted by Gasteiger charge is -2.36. The van der Waals surface area contributed by atoms with Crippen molar-refractivity contribution in [3.8, 4) is 0 Å². The van der Waals surface area contributed by atoms with E-state index in [4.69, 9.17) is 4.55 Å². The van der Waals surface area contributed by atoms with Crippen molar-refractivity contribution < 1.29 is 66.8 Å². The van der Waals surface area contributed by atoms with Gasteiger partial charge in [0.2, 0.25) is 0 Å². The minimum atomic E-state index is -7.14. The van der Waals surface area contributed by atoms with Gasteiger partial charge in [-0.25, -0.2) is 13.2 Å². The molecule has 1 aliphatic rings. The van der Waals surface area contributed by atoms with Crippen LogP contribution in [0, 0.1) is 5.92 Å². The average Bonchev–Trinajstić information content (AvgIpc) is 2.69. The number of ether oxygens (including phenoxy) is 2. The highest BCUT2D eigenvalue weighted by atomic mass is 32.2. The first-order chi connectivity index (χ1) is 14.7. The first-order valence-electron chi connectivity index (χ1n) is 8.81. The lowest BCUT2D eigenvalue weighted by atomic mass is 10.0. The van der Waals surface area contributed by atoms with Crippen LogP contribution in [0.4, 0.5) is 26.3 Å². The van der Waals surface area contributed by atoms with Crippen molar-refractivity contribution in [3.63, 3.8) is 0 Å². The molecule has 0 aromatic carbocycles. The number of nitrogens with zero attached hydrogens (tertiary/aromatic N) is 1. The molecule has 1 saturated heterocycles. The smallest absolute Gasteiger partial charge is 0.439 e. The summed E-state index contributed by atoms with van der Waals surface area (Å²) in [5.74, 6) is -10.5. The van der Waals surface area contributed by atoms with Gasteiger partial charge in [-0.2, -0.15) is 39.1 Å². The molecule has 18 heteroatoms. The molecule has 1 heterocycles. The Morgan fingerprint density at radius 2 is 1.55 bits per heavy atom. The first-order valence-corrected chi connectivity index (χ1v) is 11.7. The van der Waals surface area contributed by atoms with Crippen LogP contribution >= 0.6 is 0 Å². The molecule has 1 aliphatic heterocycles. The summed E-state index contributed by atoms with van der Waals surface area (Å²) in [5, 5.41) is -13.5. The van der Waals surface area contributed by atoms with Crippen molar-refractivity contribution in [1.29, 1.82) is 0 Å². The zero-order chi connectivity index (χ0) is 26.0. The third-order valence-electron chi connectivity index (χ3n) is 4.35. The van der Waals surface area contributed by atoms with E-state index in [1.54, 1.807) is 0 Å². The van der Waals surface area contributed by atoms with Crippen molar-refractivity contribution in [3.05, 3.63) is 12.2 Å². The summed E-state index contributed by atoms with van der Waals surface area (Å²) in [5.41, 5.74) is 0.0340. The molecule has 0 aromatic rings. The predicted octanol–water partition coefficient (Wildman–Crippen LogP) is 1.40. The van der Waals surface area contributed by atoms with Gasteiger partial charge in [-0.15, -0.1) is 0 Å². The molecule has 33 heavy (non-hydrogen) atoms. The monoisotopic (exact) mass is 535 g/mol. The van der Waals surface area contributed by atoms with E-state index in [9.17, 15) is 52.8 Å². The zero-order valence-corrected chi connectivity index (χ0v) is 18.4. The molecule has 10 nitrogen and oxygen atoms in total. The molecular weight excluding hydrogens is 516 g/mol. The molecule has 0 bridgehead atoms. The highest BCUT2D eigenvalue weighted by molar-refractivity contribution is 7.90. The van der Waals surface area contributed by atoms with Crippen LogP contribution in [0.5, 0.6) is 0 Å².